The minimum Gasteiger partial charge on any atom is -0.377 e. The summed E-state index contributed by atoms with van der Waals surface area (Å²) in [6.07, 6.45) is 12.3. The summed E-state index contributed by atoms with van der Waals surface area (Å²) in [7, 11) is 1.88. The van der Waals surface area contributed by atoms with E-state index in [1.54, 1.807) is 0 Å². The summed E-state index contributed by atoms with van der Waals surface area (Å²) in [6, 6.07) is 0.173. The molecule has 3 nitrogen and oxygen atoms in total. The average Bonchev–Trinajstić information content (AvgIpc) is 2.94. The van der Waals surface area contributed by atoms with E-state index in [0.717, 1.165) is 38.2 Å². The molecule has 2 aliphatic carbocycles. The van der Waals surface area contributed by atoms with Crippen molar-refractivity contribution in [3.63, 3.8) is 0 Å². The molecule has 1 aliphatic heterocycles. The average molecular weight is 295 g/mol. The second-order valence-corrected chi connectivity index (χ2v) is 7.99. The maximum Gasteiger partial charge on any atom is 0.0834 e. The first-order valence-electron chi connectivity index (χ1n) is 9.04. The van der Waals surface area contributed by atoms with Gasteiger partial charge in [0.25, 0.3) is 0 Å². The highest BCUT2D eigenvalue weighted by Crippen LogP contribution is 2.46. The molecule has 122 valence electrons. The maximum absolute atomic E-state index is 6.80. The van der Waals surface area contributed by atoms with E-state index < -0.39 is 0 Å². The molecule has 0 aromatic heterocycles. The summed E-state index contributed by atoms with van der Waals surface area (Å²) in [5.74, 6) is 1.31. The van der Waals surface area contributed by atoms with Gasteiger partial charge in [-0.05, 0) is 50.4 Å². The fourth-order valence-electron chi connectivity index (χ4n) is 5.34. The summed E-state index contributed by atoms with van der Waals surface area (Å²) in [6.45, 7) is 3.25. The van der Waals surface area contributed by atoms with E-state index in [-0.39, 0.29) is 17.2 Å². The molecule has 0 amide bonds. The third kappa shape index (κ3) is 3.02. The zero-order valence-corrected chi connectivity index (χ0v) is 13.9. The molecular weight excluding hydrogens is 262 g/mol. The molecule has 2 saturated carbocycles. The van der Waals surface area contributed by atoms with Gasteiger partial charge in [0.2, 0.25) is 0 Å². The van der Waals surface area contributed by atoms with Crippen molar-refractivity contribution in [1.29, 1.82) is 0 Å². The van der Waals surface area contributed by atoms with Crippen molar-refractivity contribution in [1.82, 2.24) is 0 Å². The molecule has 2 N–H and O–H groups in total. The van der Waals surface area contributed by atoms with Crippen molar-refractivity contribution in [2.75, 3.05) is 13.7 Å². The lowest BCUT2D eigenvalue weighted by Crippen LogP contribution is -2.58. The van der Waals surface area contributed by atoms with Crippen LogP contribution in [-0.2, 0) is 9.47 Å². The van der Waals surface area contributed by atoms with E-state index in [1.165, 1.54) is 38.5 Å². The van der Waals surface area contributed by atoms with Crippen LogP contribution in [0.4, 0.5) is 0 Å². The molecule has 0 aromatic rings. The molecule has 0 bridgehead atoms. The van der Waals surface area contributed by atoms with Crippen LogP contribution in [0.3, 0.4) is 0 Å². The Labute approximate surface area is 129 Å². The molecule has 1 spiro atoms. The normalized spacial score (nSPS) is 41.3. The Hall–Kier alpha value is -0.120. The van der Waals surface area contributed by atoms with Crippen LogP contribution in [0, 0.1) is 11.8 Å². The molecular formula is C18H33NO2. The lowest BCUT2D eigenvalue weighted by molar-refractivity contribution is -0.130. The molecule has 0 aromatic carbocycles. The SMILES string of the molecule is COC1(C(N)C2CCOC3(CCCC3)C2)CCCC(C)C1. The largest absolute Gasteiger partial charge is 0.377 e. The molecule has 0 radical (unpaired) electrons. The van der Waals surface area contributed by atoms with Gasteiger partial charge in [-0.1, -0.05) is 32.6 Å². The van der Waals surface area contributed by atoms with Crippen LogP contribution in [0.2, 0.25) is 0 Å². The number of ether oxygens (including phenoxy) is 2. The molecule has 3 rings (SSSR count). The van der Waals surface area contributed by atoms with Gasteiger partial charge >= 0.3 is 0 Å². The molecule has 21 heavy (non-hydrogen) atoms. The van der Waals surface area contributed by atoms with Crippen LogP contribution in [0.1, 0.15) is 71.1 Å². The number of nitrogens with two attached hydrogens (primary N) is 1. The monoisotopic (exact) mass is 295 g/mol. The molecule has 4 atom stereocenters. The summed E-state index contributed by atoms with van der Waals surface area (Å²) in [5, 5.41) is 0. The van der Waals surface area contributed by atoms with Gasteiger partial charge in [0.15, 0.2) is 0 Å². The standard InChI is InChI=1S/C18H33NO2/c1-14-6-5-10-18(12-14,20-2)16(19)15-7-11-21-17(13-15)8-3-4-9-17/h14-16H,3-13,19H2,1-2H3. The minimum absolute atomic E-state index is 0.0839. The lowest BCUT2D eigenvalue weighted by atomic mass is 9.68. The molecule has 4 unspecified atom stereocenters. The zero-order chi connectivity index (χ0) is 14.9. The Morgan fingerprint density at radius 2 is 1.86 bits per heavy atom. The number of rotatable bonds is 3. The highest BCUT2D eigenvalue weighted by Gasteiger charge is 2.48. The Kier molecular flexibility index (Phi) is 4.63. The van der Waals surface area contributed by atoms with Gasteiger partial charge in [0.05, 0.1) is 11.2 Å². The smallest absolute Gasteiger partial charge is 0.0834 e. The number of hydrogen-bond acceptors (Lipinski definition) is 3. The van der Waals surface area contributed by atoms with Crippen LogP contribution in [0.25, 0.3) is 0 Å². The second-order valence-electron chi connectivity index (χ2n) is 7.99. The van der Waals surface area contributed by atoms with Crippen LogP contribution in [0.5, 0.6) is 0 Å². The fourth-order valence-corrected chi connectivity index (χ4v) is 5.34. The predicted octanol–water partition coefficient (Wildman–Crippen LogP) is 3.65. The second kappa shape index (κ2) is 6.17. The fraction of sp³-hybridized carbons (Fsp3) is 1.00. The van der Waals surface area contributed by atoms with Crippen molar-refractivity contribution in [3.8, 4) is 0 Å². The molecule has 1 saturated heterocycles. The predicted molar refractivity (Wildman–Crippen MR) is 85.2 cm³/mol. The molecule has 3 fully saturated rings. The van der Waals surface area contributed by atoms with E-state index in [4.69, 9.17) is 15.2 Å². The Balaban J connectivity index is 1.72. The van der Waals surface area contributed by atoms with E-state index in [0.29, 0.717) is 5.92 Å². The van der Waals surface area contributed by atoms with Crippen LogP contribution >= 0.6 is 0 Å². The molecule has 1 heterocycles. The van der Waals surface area contributed by atoms with Gasteiger partial charge in [-0.3, -0.25) is 0 Å². The first kappa shape index (κ1) is 15.8. The van der Waals surface area contributed by atoms with Gasteiger partial charge in [-0.15, -0.1) is 0 Å². The Morgan fingerprint density at radius 3 is 2.52 bits per heavy atom. The van der Waals surface area contributed by atoms with Crippen LogP contribution in [0.15, 0.2) is 0 Å². The van der Waals surface area contributed by atoms with Gasteiger partial charge < -0.3 is 15.2 Å². The Bertz CT molecular complexity index is 353. The summed E-state index contributed by atoms with van der Waals surface area (Å²) >= 11 is 0. The van der Waals surface area contributed by atoms with Gasteiger partial charge in [-0.2, -0.15) is 0 Å². The van der Waals surface area contributed by atoms with Crippen LogP contribution < -0.4 is 5.73 Å². The molecule has 3 aliphatic rings. The van der Waals surface area contributed by atoms with Crippen molar-refractivity contribution in [2.24, 2.45) is 17.6 Å². The van der Waals surface area contributed by atoms with E-state index in [1.807, 2.05) is 7.11 Å². The third-order valence-corrected chi connectivity index (χ3v) is 6.56. The van der Waals surface area contributed by atoms with Crippen molar-refractivity contribution in [3.05, 3.63) is 0 Å². The maximum atomic E-state index is 6.80. The summed E-state index contributed by atoms with van der Waals surface area (Å²) in [4.78, 5) is 0. The lowest BCUT2D eigenvalue weighted by Gasteiger charge is -2.49. The quantitative estimate of drug-likeness (QED) is 0.864. The van der Waals surface area contributed by atoms with Gasteiger partial charge in [-0.25, -0.2) is 0 Å². The number of methoxy groups -OCH3 is 1. The topological polar surface area (TPSA) is 44.5 Å². The van der Waals surface area contributed by atoms with E-state index >= 15 is 0 Å². The summed E-state index contributed by atoms with van der Waals surface area (Å²) in [5.41, 5.74) is 6.88. The summed E-state index contributed by atoms with van der Waals surface area (Å²) < 4.78 is 12.2. The first-order valence-corrected chi connectivity index (χ1v) is 9.04. The Morgan fingerprint density at radius 1 is 1.10 bits per heavy atom. The highest BCUT2D eigenvalue weighted by atomic mass is 16.5. The van der Waals surface area contributed by atoms with Crippen LogP contribution in [-0.4, -0.2) is 31.0 Å². The third-order valence-electron chi connectivity index (χ3n) is 6.56. The molecule has 3 heteroatoms. The van der Waals surface area contributed by atoms with Crippen molar-refractivity contribution in [2.45, 2.75) is 88.4 Å². The minimum atomic E-state index is -0.0839. The van der Waals surface area contributed by atoms with Crippen molar-refractivity contribution < 1.29 is 9.47 Å². The highest BCUT2D eigenvalue weighted by molar-refractivity contribution is 5.02. The van der Waals surface area contributed by atoms with E-state index in [9.17, 15) is 0 Å². The first-order chi connectivity index (χ1) is 10.1. The zero-order valence-electron chi connectivity index (χ0n) is 13.9. The van der Waals surface area contributed by atoms with E-state index in [2.05, 4.69) is 6.92 Å². The number of hydrogen-bond donors (Lipinski definition) is 1. The van der Waals surface area contributed by atoms with Gasteiger partial charge in [0.1, 0.15) is 0 Å². The van der Waals surface area contributed by atoms with Crippen molar-refractivity contribution >= 4 is 0 Å². The van der Waals surface area contributed by atoms with Gasteiger partial charge in [0, 0.05) is 19.8 Å².